The van der Waals surface area contributed by atoms with Crippen molar-refractivity contribution < 1.29 is 71.2 Å². The molecule has 0 aliphatic rings. The van der Waals surface area contributed by atoms with Gasteiger partial charge >= 0.3 is 0 Å². The molecule has 5 N–H and O–H groups in total. The molecule has 19 heteroatoms. The standard InChI is InChI=1S/C37H74N4O15/c1-4-8-40-36(43)33(2)41-37(44)34(38)7-5-6-9-39-35(42)32-56-31-30-55-29-28-54-27-26-53-25-24-52-23-22-51-21-20-50-19-18-49-17-16-48-15-14-47-13-12-46-11-10-45-3/h33-34H,4-32,38H2,1-3H3,(H,39,42)(H,40,43)(H,41,44). The number of hydrogen-bond acceptors (Lipinski definition) is 16. The van der Waals surface area contributed by atoms with Gasteiger partial charge in [-0.15, -0.1) is 0 Å². The first kappa shape index (κ1) is 53.9. The van der Waals surface area contributed by atoms with Crippen LogP contribution in [0.5, 0.6) is 0 Å². The second-order valence-electron chi connectivity index (χ2n) is 12.1. The molecule has 0 aliphatic carbocycles. The molecule has 2 atom stereocenters. The molecular weight excluding hydrogens is 740 g/mol. The summed E-state index contributed by atoms with van der Waals surface area (Å²) in [6.07, 6.45) is 2.58. The van der Waals surface area contributed by atoms with Gasteiger partial charge in [0.05, 0.1) is 151 Å². The highest BCUT2D eigenvalue weighted by molar-refractivity contribution is 5.89. The minimum absolute atomic E-state index is 0.0659. The van der Waals surface area contributed by atoms with Crippen LogP contribution in [0.4, 0.5) is 0 Å². The molecule has 0 bridgehead atoms. The molecule has 0 rings (SSSR count). The molecule has 0 aromatic rings. The summed E-state index contributed by atoms with van der Waals surface area (Å²) in [5.74, 6) is -0.832. The number of amides is 3. The zero-order chi connectivity index (χ0) is 41.0. The number of rotatable bonds is 45. The third-order valence-corrected chi connectivity index (χ3v) is 7.29. The molecular formula is C37H74N4O15. The lowest BCUT2D eigenvalue weighted by Crippen LogP contribution is -2.50. The fourth-order valence-corrected chi connectivity index (χ4v) is 4.19. The van der Waals surface area contributed by atoms with Gasteiger partial charge in [0.25, 0.3) is 0 Å². The Bertz CT molecular complexity index is 882. The Balaban J connectivity index is 3.28. The van der Waals surface area contributed by atoms with Crippen molar-refractivity contribution in [2.24, 2.45) is 5.73 Å². The van der Waals surface area contributed by atoms with E-state index in [2.05, 4.69) is 16.0 Å². The molecule has 0 aromatic heterocycles. The van der Waals surface area contributed by atoms with Crippen LogP contribution < -0.4 is 21.7 Å². The maximum atomic E-state index is 12.2. The second-order valence-corrected chi connectivity index (χ2v) is 12.1. The van der Waals surface area contributed by atoms with Gasteiger partial charge in [-0.05, 0) is 32.6 Å². The molecule has 0 spiro atoms. The van der Waals surface area contributed by atoms with Crippen molar-refractivity contribution in [1.82, 2.24) is 16.0 Å². The Labute approximate surface area is 334 Å². The number of carbonyl (C=O) groups is 3. The number of unbranched alkanes of at least 4 members (excludes halogenated alkanes) is 1. The second kappa shape index (κ2) is 44.0. The smallest absolute Gasteiger partial charge is 0.245 e. The lowest BCUT2D eigenvalue weighted by molar-refractivity contribution is -0.129. The van der Waals surface area contributed by atoms with E-state index in [4.69, 9.17) is 62.6 Å². The van der Waals surface area contributed by atoms with Crippen molar-refractivity contribution in [1.29, 1.82) is 0 Å². The Kier molecular flexibility index (Phi) is 42.3. The Morgan fingerprint density at radius 2 is 0.839 bits per heavy atom. The number of methoxy groups -OCH3 is 1. The van der Waals surface area contributed by atoms with Crippen molar-refractivity contribution in [2.45, 2.75) is 51.6 Å². The maximum Gasteiger partial charge on any atom is 0.245 e. The highest BCUT2D eigenvalue weighted by Crippen LogP contribution is 2.00. The summed E-state index contributed by atoms with van der Waals surface area (Å²) in [5.41, 5.74) is 5.93. The van der Waals surface area contributed by atoms with Gasteiger partial charge < -0.3 is 78.5 Å². The van der Waals surface area contributed by atoms with E-state index in [1.54, 1.807) is 14.0 Å². The number of nitrogens with two attached hydrogens (primary N) is 1. The highest BCUT2D eigenvalue weighted by Gasteiger charge is 2.19. The summed E-state index contributed by atoms with van der Waals surface area (Å²) in [6, 6.07) is -1.36. The number of hydrogen-bond donors (Lipinski definition) is 4. The normalized spacial score (nSPS) is 12.4. The van der Waals surface area contributed by atoms with Gasteiger partial charge in [-0.1, -0.05) is 6.92 Å². The van der Waals surface area contributed by atoms with Gasteiger partial charge in [0, 0.05) is 20.2 Å². The number of ether oxygens (including phenoxy) is 12. The zero-order valence-electron chi connectivity index (χ0n) is 34.4. The Morgan fingerprint density at radius 1 is 0.482 bits per heavy atom. The van der Waals surface area contributed by atoms with E-state index >= 15 is 0 Å². The van der Waals surface area contributed by atoms with E-state index in [0.29, 0.717) is 171 Å². The minimum Gasteiger partial charge on any atom is -0.382 e. The summed E-state index contributed by atoms with van der Waals surface area (Å²) >= 11 is 0. The summed E-state index contributed by atoms with van der Waals surface area (Å²) in [4.78, 5) is 36.0. The fraction of sp³-hybridized carbons (Fsp3) is 0.919. The average molecular weight is 815 g/mol. The quantitative estimate of drug-likeness (QED) is 0.0567. The third kappa shape index (κ3) is 40.1. The molecule has 332 valence electrons. The molecule has 0 aliphatic heterocycles. The van der Waals surface area contributed by atoms with Gasteiger partial charge in [0.15, 0.2) is 0 Å². The molecule has 0 saturated carbocycles. The molecule has 0 aromatic carbocycles. The SMILES string of the molecule is CCCNC(=O)C(C)NC(=O)C(N)CCCCNC(=O)COCCOCCOCCOCCOCCOCCOCCOCCOCCOCCOCCOC. The molecule has 0 radical (unpaired) electrons. The fourth-order valence-electron chi connectivity index (χ4n) is 4.19. The van der Waals surface area contributed by atoms with E-state index in [9.17, 15) is 14.4 Å². The third-order valence-electron chi connectivity index (χ3n) is 7.29. The van der Waals surface area contributed by atoms with Crippen molar-refractivity contribution >= 4 is 17.7 Å². The molecule has 0 saturated heterocycles. The summed E-state index contributed by atoms with van der Waals surface area (Å²) in [7, 11) is 1.64. The van der Waals surface area contributed by atoms with E-state index < -0.39 is 12.1 Å². The molecule has 2 unspecified atom stereocenters. The van der Waals surface area contributed by atoms with Crippen LogP contribution in [-0.2, 0) is 71.2 Å². The lowest BCUT2D eigenvalue weighted by Gasteiger charge is -2.17. The predicted octanol–water partition coefficient (Wildman–Crippen LogP) is -0.540. The van der Waals surface area contributed by atoms with Gasteiger partial charge in [-0.25, -0.2) is 0 Å². The van der Waals surface area contributed by atoms with Crippen molar-refractivity contribution in [3.63, 3.8) is 0 Å². The molecule has 0 fully saturated rings. The first-order chi connectivity index (χ1) is 27.4. The van der Waals surface area contributed by atoms with Crippen LogP contribution in [-0.4, -0.2) is 202 Å². The molecule has 0 heterocycles. The monoisotopic (exact) mass is 815 g/mol. The number of carbonyl (C=O) groups excluding carboxylic acids is 3. The van der Waals surface area contributed by atoms with Crippen LogP contribution in [0.1, 0.15) is 39.5 Å². The summed E-state index contributed by atoms with van der Waals surface area (Å²) in [5, 5.41) is 8.12. The maximum absolute atomic E-state index is 12.2. The Morgan fingerprint density at radius 3 is 1.20 bits per heavy atom. The average Bonchev–Trinajstić information content (AvgIpc) is 3.19. The molecule has 19 nitrogen and oxygen atoms in total. The lowest BCUT2D eigenvalue weighted by atomic mass is 10.1. The van der Waals surface area contributed by atoms with Crippen LogP contribution in [0, 0.1) is 0 Å². The van der Waals surface area contributed by atoms with Gasteiger partial charge in [-0.2, -0.15) is 0 Å². The minimum atomic E-state index is -0.716. The van der Waals surface area contributed by atoms with Crippen LogP contribution >= 0.6 is 0 Å². The van der Waals surface area contributed by atoms with Crippen LogP contribution in [0.25, 0.3) is 0 Å². The van der Waals surface area contributed by atoms with E-state index in [-0.39, 0.29) is 30.9 Å². The first-order valence-electron chi connectivity index (χ1n) is 19.9. The zero-order valence-corrected chi connectivity index (χ0v) is 34.4. The van der Waals surface area contributed by atoms with Gasteiger partial charge in [-0.3, -0.25) is 14.4 Å². The van der Waals surface area contributed by atoms with E-state index in [0.717, 1.165) is 6.42 Å². The van der Waals surface area contributed by atoms with Gasteiger partial charge in [0.1, 0.15) is 12.6 Å². The highest BCUT2D eigenvalue weighted by atomic mass is 16.6. The summed E-state index contributed by atoms with van der Waals surface area (Å²) in [6.45, 7) is 15.0. The van der Waals surface area contributed by atoms with Crippen LogP contribution in [0.3, 0.4) is 0 Å². The topological polar surface area (TPSA) is 224 Å². The van der Waals surface area contributed by atoms with Crippen LogP contribution in [0.2, 0.25) is 0 Å². The number of nitrogens with one attached hydrogen (secondary N) is 3. The van der Waals surface area contributed by atoms with Crippen molar-refractivity contribution in [2.75, 3.05) is 172 Å². The predicted molar refractivity (Wildman–Crippen MR) is 207 cm³/mol. The first-order valence-corrected chi connectivity index (χ1v) is 19.9. The Hall–Kier alpha value is -2.11. The molecule has 3 amide bonds. The van der Waals surface area contributed by atoms with Crippen molar-refractivity contribution in [3.05, 3.63) is 0 Å². The van der Waals surface area contributed by atoms with Crippen LogP contribution in [0.15, 0.2) is 0 Å². The van der Waals surface area contributed by atoms with E-state index in [1.807, 2.05) is 6.92 Å². The largest absolute Gasteiger partial charge is 0.382 e. The van der Waals surface area contributed by atoms with Gasteiger partial charge in [0.2, 0.25) is 17.7 Å². The van der Waals surface area contributed by atoms with Crippen molar-refractivity contribution in [3.8, 4) is 0 Å². The summed E-state index contributed by atoms with van der Waals surface area (Å²) < 4.78 is 64.6. The van der Waals surface area contributed by atoms with E-state index in [1.165, 1.54) is 0 Å². The molecule has 56 heavy (non-hydrogen) atoms.